The minimum absolute atomic E-state index is 0.0321. The first-order valence-electron chi connectivity index (χ1n) is 10.2. The first kappa shape index (κ1) is 27.1. The number of rotatable bonds is 11. The maximum absolute atomic E-state index is 12.4. The largest absolute Gasteiger partial charge is 0.480 e. The van der Waals surface area contributed by atoms with Crippen LogP contribution in [0.3, 0.4) is 0 Å². The van der Waals surface area contributed by atoms with Crippen LogP contribution in [0.2, 0.25) is 0 Å². The molecule has 1 aromatic carbocycles. The molecule has 0 spiro atoms. The quantitative estimate of drug-likeness (QED) is 0.159. The first-order valence-corrected chi connectivity index (χ1v) is 10.9. The van der Waals surface area contributed by atoms with E-state index in [1.54, 1.807) is 0 Å². The minimum atomic E-state index is -1.31. The fourth-order valence-electron chi connectivity index (χ4n) is 3.06. The van der Waals surface area contributed by atoms with Crippen LogP contribution in [0.4, 0.5) is 5.69 Å². The average molecular weight is 509 g/mol. The number of fused-ring (bicyclic) bond motifs is 1. The third-order valence-electron chi connectivity index (χ3n) is 4.69. The average Bonchev–Trinajstić information content (AvgIpc) is 2.80. The van der Waals surface area contributed by atoms with E-state index in [4.69, 9.17) is 5.11 Å². The highest BCUT2D eigenvalue weighted by molar-refractivity contribution is 7.80. The first-order chi connectivity index (χ1) is 16.5. The van der Waals surface area contributed by atoms with E-state index in [1.807, 2.05) is 0 Å². The van der Waals surface area contributed by atoms with Crippen molar-refractivity contribution in [3.05, 3.63) is 38.9 Å². The molecule has 188 valence electrons. The second-order valence-electron chi connectivity index (χ2n) is 7.34. The molecule has 2 unspecified atom stereocenters. The summed E-state index contributed by atoms with van der Waals surface area (Å²) in [5, 5.41) is 22.8. The number of nitrogens with one attached hydrogen (secondary N) is 6. The van der Waals surface area contributed by atoms with E-state index < -0.39 is 59.3 Å². The molecular weight excluding hydrogens is 484 g/mol. The summed E-state index contributed by atoms with van der Waals surface area (Å²) in [6.45, 7) is 0.630. The van der Waals surface area contributed by atoms with Gasteiger partial charge in [-0.3, -0.25) is 39.0 Å². The Morgan fingerprint density at radius 3 is 2.31 bits per heavy atom. The highest BCUT2D eigenvalue weighted by Gasteiger charge is 2.23. The number of carbonyl (C=O) groups is 5. The predicted octanol–water partition coefficient (Wildman–Crippen LogP) is -1.94. The number of aromatic nitrogens is 2. The van der Waals surface area contributed by atoms with Gasteiger partial charge in [0.05, 0.1) is 23.0 Å². The van der Waals surface area contributed by atoms with Crippen LogP contribution in [-0.4, -0.2) is 69.3 Å². The lowest BCUT2D eigenvalue weighted by molar-refractivity contribution is -0.142. The van der Waals surface area contributed by atoms with Crippen molar-refractivity contribution < 1.29 is 29.1 Å². The summed E-state index contributed by atoms with van der Waals surface area (Å²) in [6.07, 6.45) is -0.485. The van der Waals surface area contributed by atoms with E-state index in [1.165, 1.54) is 18.2 Å². The minimum Gasteiger partial charge on any atom is -0.480 e. The Morgan fingerprint density at radius 2 is 1.69 bits per heavy atom. The summed E-state index contributed by atoms with van der Waals surface area (Å²) >= 11 is 4.00. The number of H-pyrrole nitrogens is 2. The molecule has 0 fully saturated rings. The SMILES string of the molecule is CC(=O)NC(CCC(=O)NC(CS)C(=O)NCC(=O)Nc1cccc2c(=O)[nH][nH]c(=O)c12)C(=O)O. The number of carbonyl (C=O) groups excluding carboxylic acids is 4. The van der Waals surface area contributed by atoms with E-state index in [0.717, 1.165) is 6.92 Å². The Bertz CT molecular complexity index is 1260. The van der Waals surface area contributed by atoms with Gasteiger partial charge in [0.1, 0.15) is 12.1 Å². The number of hydrogen-bond donors (Lipinski definition) is 8. The molecule has 35 heavy (non-hydrogen) atoms. The third-order valence-corrected chi connectivity index (χ3v) is 5.06. The summed E-state index contributed by atoms with van der Waals surface area (Å²) in [5.41, 5.74) is -1.11. The van der Waals surface area contributed by atoms with Gasteiger partial charge in [0, 0.05) is 19.1 Å². The van der Waals surface area contributed by atoms with Crippen molar-refractivity contribution in [1.82, 2.24) is 26.1 Å². The van der Waals surface area contributed by atoms with Gasteiger partial charge in [0.25, 0.3) is 11.1 Å². The number of hydrogen-bond acceptors (Lipinski definition) is 8. The maximum Gasteiger partial charge on any atom is 0.326 e. The van der Waals surface area contributed by atoms with Crippen molar-refractivity contribution in [1.29, 1.82) is 0 Å². The standard InChI is InChI=1S/C20H24N6O8S/c1-9(27)22-12(20(33)34)5-6-14(28)24-13(8-35)18(31)21-7-15(29)23-11-4-2-3-10-16(11)19(32)26-25-17(10)30/h2-4,12-13,35H,5-8H2,1H3,(H,21,31)(H,22,27)(H,23,29)(H,24,28)(H,25,30)(H,26,32)(H,33,34). The van der Waals surface area contributed by atoms with Crippen molar-refractivity contribution in [3.8, 4) is 0 Å². The van der Waals surface area contributed by atoms with Gasteiger partial charge in [-0.25, -0.2) is 4.79 Å². The molecule has 15 heteroatoms. The van der Waals surface area contributed by atoms with E-state index in [0.29, 0.717) is 0 Å². The number of carboxylic acid groups (broad SMARTS) is 1. The van der Waals surface area contributed by atoms with Crippen LogP contribution in [0, 0.1) is 0 Å². The zero-order valence-corrected chi connectivity index (χ0v) is 19.4. The molecular formula is C20H24N6O8S. The van der Waals surface area contributed by atoms with E-state index in [2.05, 4.69) is 44.1 Å². The smallest absolute Gasteiger partial charge is 0.326 e. The van der Waals surface area contributed by atoms with Gasteiger partial charge in [-0.2, -0.15) is 12.6 Å². The molecule has 0 saturated carbocycles. The van der Waals surface area contributed by atoms with Crippen LogP contribution in [0.15, 0.2) is 27.8 Å². The van der Waals surface area contributed by atoms with Crippen LogP contribution < -0.4 is 32.4 Å². The topological polar surface area (TPSA) is 219 Å². The second kappa shape index (κ2) is 12.4. The lowest BCUT2D eigenvalue weighted by Gasteiger charge is -2.17. The van der Waals surface area contributed by atoms with Crippen LogP contribution in [0.5, 0.6) is 0 Å². The van der Waals surface area contributed by atoms with Gasteiger partial charge in [0.15, 0.2) is 0 Å². The molecule has 1 aromatic heterocycles. The molecule has 0 saturated heterocycles. The molecule has 0 aliphatic carbocycles. The number of benzene rings is 1. The van der Waals surface area contributed by atoms with Crippen molar-refractivity contribution in [2.45, 2.75) is 31.8 Å². The molecule has 2 aromatic rings. The molecule has 14 nitrogen and oxygen atoms in total. The van der Waals surface area contributed by atoms with E-state index in [9.17, 15) is 33.6 Å². The van der Waals surface area contributed by atoms with Crippen molar-refractivity contribution in [2.75, 3.05) is 17.6 Å². The van der Waals surface area contributed by atoms with Gasteiger partial charge in [-0.15, -0.1) is 0 Å². The fourth-order valence-corrected chi connectivity index (χ4v) is 3.31. The highest BCUT2D eigenvalue weighted by atomic mass is 32.1. The molecule has 2 atom stereocenters. The normalized spacial score (nSPS) is 12.3. The number of aromatic amines is 2. The maximum atomic E-state index is 12.4. The molecule has 4 amide bonds. The van der Waals surface area contributed by atoms with Gasteiger partial charge in [-0.05, 0) is 18.6 Å². The predicted molar refractivity (Wildman–Crippen MR) is 127 cm³/mol. The second-order valence-corrected chi connectivity index (χ2v) is 7.70. The number of anilines is 1. The summed E-state index contributed by atoms with van der Waals surface area (Å²) in [4.78, 5) is 82.9. The fraction of sp³-hybridized carbons (Fsp3) is 0.350. The van der Waals surface area contributed by atoms with Crippen LogP contribution in [0.25, 0.3) is 10.8 Å². The highest BCUT2D eigenvalue weighted by Crippen LogP contribution is 2.16. The third kappa shape index (κ3) is 7.70. The Morgan fingerprint density at radius 1 is 1.00 bits per heavy atom. The summed E-state index contributed by atoms with van der Waals surface area (Å²) in [7, 11) is 0. The zero-order chi connectivity index (χ0) is 26.1. The van der Waals surface area contributed by atoms with Gasteiger partial charge >= 0.3 is 5.97 Å². The van der Waals surface area contributed by atoms with Crippen molar-refractivity contribution >= 4 is 58.7 Å². The van der Waals surface area contributed by atoms with E-state index in [-0.39, 0.29) is 35.1 Å². The lowest BCUT2D eigenvalue weighted by atomic mass is 10.1. The van der Waals surface area contributed by atoms with Gasteiger partial charge in [-0.1, -0.05) is 6.07 Å². The Labute approximate surface area is 202 Å². The van der Waals surface area contributed by atoms with Crippen LogP contribution in [0.1, 0.15) is 19.8 Å². The summed E-state index contributed by atoms with van der Waals surface area (Å²) < 4.78 is 0. The van der Waals surface area contributed by atoms with Crippen molar-refractivity contribution in [3.63, 3.8) is 0 Å². The monoisotopic (exact) mass is 508 g/mol. The summed E-state index contributed by atoms with van der Waals surface area (Å²) in [5.74, 6) is -4.07. The molecule has 7 N–H and O–H groups in total. The lowest BCUT2D eigenvalue weighted by Crippen LogP contribution is -2.49. The molecule has 0 radical (unpaired) electrons. The number of aliphatic carboxylic acids is 1. The van der Waals surface area contributed by atoms with Crippen LogP contribution >= 0.6 is 12.6 Å². The van der Waals surface area contributed by atoms with Crippen LogP contribution in [-0.2, 0) is 24.0 Å². The Balaban J connectivity index is 1.92. The Hall–Kier alpha value is -4.14. The van der Waals surface area contributed by atoms with Gasteiger partial charge < -0.3 is 26.4 Å². The molecule has 2 rings (SSSR count). The molecule has 0 aliphatic rings. The molecule has 0 bridgehead atoms. The van der Waals surface area contributed by atoms with Gasteiger partial charge in [0.2, 0.25) is 23.6 Å². The number of amides is 4. The van der Waals surface area contributed by atoms with E-state index >= 15 is 0 Å². The number of carboxylic acids is 1. The van der Waals surface area contributed by atoms with Crippen molar-refractivity contribution in [2.24, 2.45) is 0 Å². The Kier molecular flexibility index (Phi) is 9.57. The summed E-state index contributed by atoms with van der Waals surface area (Å²) in [6, 6.07) is 1.91. The number of thiol groups is 1. The molecule has 0 aliphatic heterocycles. The molecule has 1 heterocycles. The zero-order valence-electron chi connectivity index (χ0n) is 18.5.